The van der Waals surface area contributed by atoms with Gasteiger partial charge >= 0.3 is 0 Å². The molecule has 1 nitrogen and oxygen atoms in total. The lowest BCUT2D eigenvalue weighted by Crippen LogP contribution is -1.66. The van der Waals surface area contributed by atoms with Crippen LogP contribution in [0.25, 0.3) is 0 Å². The van der Waals surface area contributed by atoms with Crippen LogP contribution in [0.15, 0.2) is 12.2 Å². The van der Waals surface area contributed by atoms with E-state index in [0.717, 1.165) is 0 Å². The Labute approximate surface area is 37.3 Å². The number of terminal acetylenes is 1. The zero-order chi connectivity index (χ0) is 4.83. The summed E-state index contributed by atoms with van der Waals surface area (Å²) in [4.78, 5) is 0. The lowest BCUT2D eigenvalue weighted by Gasteiger charge is -1.66. The van der Waals surface area contributed by atoms with Gasteiger partial charge in [0.05, 0.1) is 6.61 Å². The molecule has 0 aromatic heterocycles. The molecule has 1 N–H and O–H groups in total. The van der Waals surface area contributed by atoms with E-state index in [-0.39, 0.29) is 6.61 Å². The molecule has 0 rings (SSSR count). The van der Waals surface area contributed by atoms with Gasteiger partial charge in [-0.3, -0.25) is 0 Å². The van der Waals surface area contributed by atoms with Gasteiger partial charge in [0.2, 0.25) is 0 Å². The van der Waals surface area contributed by atoms with Crippen LogP contribution in [0, 0.1) is 12.3 Å². The van der Waals surface area contributed by atoms with Gasteiger partial charge in [0.1, 0.15) is 0 Å². The van der Waals surface area contributed by atoms with Crippen molar-refractivity contribution < 1.29 is 5.11 Å². The van der Waals surface area contributed by atoms with Crippen molar-refractivity contribution in [2.45, 2.75) is 0 Å². The van der Waals surface area contributed by atoms with Gasteiger partial charge < -0.3 is 5.11 Å². The van der Waals surface area contributed by atoms with Crippen molar-refractivity contribution in [1.29, 1.82) is 0 Å². The van der Waals surface area contributed by atoms with Crippen LogP contribution in [0.1, 0.15) is 0 Å². The fraction of sp³-hybridized carbons (Fsp3) is 0.200. The summed E-state index contributed by atoms with van der Waals surface area (Å²) in [6.07, 6.45) is 7.72. The quantitative estimate of drug-likeness (QED) is 0.447. The van der Waals surface area contributed by atoms with Crippen molar-refractivity contribution in [1.82, 2.24) is 0 Å². The second-order valence-electron chi connectivity index (χ2n) is 0.752. The molecule has 0 amide bonds. The van der Waals surface area contributed by atoms with E-state index in [1.807, 2.05) is 0 Å². The lowest BCUT2D eigenvalue weighted by atomic mass is 10.5. The second-order valence-corrected chi connectivity index (χ2v) is 0.752. The molecule has 0 unspecified atom stereocenters. The molecular formula is C5H6O. The molecule has 0 bridgehead atoms. The summed E-state index contributed by atoms with van der Waals surface area (Å²) in [5.74, 6) is 2.23. The van der Waals surface area contributed by atoms with Crippen molar-refractivity contribution in [3.8, 4) is 12.3 Å². The molecule has 0 spiro atoms. The van der Waals surface area contributed by atoms with Crippen molar-refractivity contribution in [2.24, 2.45) is 0 Å². The maximum Gasteiger partial charge on any atom is 0.0621 e. The third kappa shape index (κ3) is 3.26. The van der Waals surface area contributed by atoms with E-state index >= 15 is 0 Å². The minimum absolute atomic E-state index is 0.0319. The number of aliphatic hydroxyl groups excluding tert-OH is 1. The van der Waals surface area contributed by atoms with Crippen LogP contribution in [-0.4, -0.2) is 11.7 Å². The minimum Gasteiger partial charge on any atom is -0.392 e. The van der Waals surface area contributed by atoms with Gasteiger partial charge in [-0.05, 0) is 6.08 Å². The van der Waals surface area contributed by atoms with Crippen LogP contribution in [0.4, 0.5) is 0 Å². The van der Waals surface area contributed by atoms with E-state index < -0.39 is 0 Å². The summed E-state index contributed by atoms with van der Waals surface area (Å²) in [5, 5.41) is 8.02. The first-order valence-electron chi connectivity index (χ1n) is 1.64. The van der Waals surface area contributed by atoms with Crippen molar-refractivity contribution >= 4 is 0 Å². The molecule has 0 aromatic carbocycles. The van der Waals surface area contributed by atoms with Crippen molar-refractivity contribution in [2.75, 3.05) is 6.61 Å². The molecule has 32 valence electrons. The molecule has 0 saturated carbocycles. The van der Waals surface area contributed by atoms with Gasteiger partial charge in [0.15, 0.2) is 0 Å². The van der Waals surface area contributed by atoms with E-state index in [9.17, 15) is 0 Å². The second kappa shape index (κ2) is 4.26. The van der Waals surface area contributed by atoms with E-state index in [0.29, 0.717) is 0 Å². The monoisotopic (exact) mass is 82.0 g/mol. The molecule has 0 aliphatic carbocycles. The summed E-state index contributed by atoms with van der Waals surface area (Å²) >= 11 is 0. The number of aliphatic hydroxyl groups is 1. The largest absolute Gasteiger partial charge is 0.392 e. The van der Waals surface area contributed by atoms with E-state index in [1.165, 1.54) is 12.2 Å². The SMILES string of the molecule is C#CC=CCO. The smallest absolute Gasteiger partial charge is 0.0621 e. The topological polar surface area (TPSA) is 20.2 Å². The van der Waals surface area contributed by atoms with Crippen LogP contribution in [0.2, 0.25) is 0 Å². The number of rotatable bonds is 1. The molecule has 0 saturated heterocycles. The maximum absolute atomic E-state index is 8.02. The van der Waals surface area contributed by atoms with Gasteiger partial charge in [-0.1, -0.05) is 12.0 Å². The summed E-state index contributed by atoms with van der Waals surface area (Å²) < 4.78 is 0. The Morgan fingerprint density at radius 1 is 1.83 bits per heavy atom. The Bertz CT molecular complexity index is 76.4. The highest BCUT2D eigenvalue weighted by molar-refractivity contribution is 5.08. The van der Waals surface area contributed by atoms with Crippen molar-refractivity contribution in [3.63, 3.8) is 0 Å². The molecule has 0 heterocycles. The molecule has 0 fully saturated rings. The average molecular weight is 82.1 g/mol. The van der Waals surface area contributed by atoms with Crippen LogP contribution in [0.5, 0.6) is 0 Å². The first-order valence-corrected chi connectivity index (χ1v) is 1.64. The zero-order valence-electron chi connectivity index (χ0n) is 3.39. The third-order valence-corrected chi connectivity index (χ3v) is 0.319. The average Bonchev–Trinajstić information content (AvgIpc) is 1.61. The van der Waals surface area contributed by atoms with Gasteiger partial charge in [-0.15, -0.1) is 6.42 Å². The molecule has 0 radical (unpaired) electrons. The van der Waals surface area contributed by atoms with Crippen LogP contribution >= 0.6 is 0 Å². The highest BCUT2D eigenvalue weighted by Crippen LogP contribution is 1.61. The third-order valence-electron chi connectivity index (χ3n) is 0.319. The predicted molar refractivity (Wildman–Crippen MR) is 25.1 cm³/mol. The highest BCUT2D eigenvalue weighted by atomic mass is 16.2. The minimum atomic E-state index is 0.0319. The molecule has 0 aliphatic rings. The Balaban J connectivity index is 3.02. The van der Waals surface area contributed by atoms with Crippen LogP contribution in [-0.2, 0) is 0 Å². The van der Waals surface area contributed by atoms with Gasteiger partial charge in [-0.2, -0.15) is 0 Å². The molecule has 0 aromatic rings. The first kappa shape index (κ1) is 5.26. The van der Waals surface area contributed by atoms with Gasteiger partial charge in [0, 0.05) is 0 Å². The van der Waals surface area contributed by atoms with E-state index in [4.69, 9.17) is 11.5 Å². The number of hydrogen-bond donors (Lipinski definition) is 1. The fourth-order valence-corrected chi connectivity index (χ4v) is 0.121. The molecule has 1 heteroatoms. The summed E-state index contributed by atoms with van der Waals surface area (Å²) in [6, 6.07) is 0. The summed E-state index contributed by atoms with van der Waals surface area (Å²) in [6.45, 7) is 0.0319. The summed E-state index contributed by atoms with van der Waals surface area (Å²) in [7, 11) is 0. The fourth-order valence-electron chi connectivity index (χ4n) is 0.121. The van der Waals surface area contributed by atoms with Crippen LogP contribution in [0.3, 0.4) is 0 Å². The highest BCUT2D eigenvalue weighted by Gasteiger charge is 1.55. The molecular weight excluding hydrogens is 76.1 g/mol. The molecule has 0 aliphatic heterocycles. The Hall–Kier alpha value is -0.740. The standard InChI is InChI=1S/C5H6O/c1-2-3-4-5-6/h1,3-4,6H,5H2. The first-order chi connectivity index (χ1) is 2.91. The molecule has 0 atom stereocenters. The Morgan fingerprint density at radius 3 is 2.67 bits per heavy atom. The van der Waals surface area contributed by atoms with Gasteiger partial charge in [-0.25, -0.2) is 0 Å². The zero-order valence-corrected chi connectivity index (χ0v) is 3.39. The number of hydrogen-bond acceptors (Lipinski definition) is 1. The lowest BCUT2D eigenvalue weighted by molar-refractivity contribution is 0.343. The number of allylic oxidation sites excluding steroid dienone is 1. The van der Waals surface area contributed by atoms with Crippen LogP contribution < -0.4 is 0 Å². The molecule has 6 heavy (non-hydrogen) atoms. The normalized spacial score (nSPS) is 8.67. The predicted octanol–water partition coefficient (Wildman–Crippen LogP) is 0.168. The van der Waals surface area contributed by atoms with Crippen molar-refractivity contribution in [3.05, 3.63) is 12.2 Å². The summed E-state index contributed by atoms with van der Waals surface area (Å²) in [5.41, 5.74) is 0. The maximum atomic E-state index is 8.02. The van der Waals surface area contributed by atoms with E-state index in [1.54, 1.807) is 0 Å². The van der Waals surface area contributed by atoms with Gasteiger partial charge in [0.25, 0.3) is 0 Å². The van der Waals surface area contributed by atoms with E-state index in [2.05, 4.69) is 5.92 Å². The Morgan fingerprint density at radius 2 is 2.50 bits per heavy atom. The Kier molecular flexibility index (Phi) is 3.73.